The van der Waals surface area contributed by atoms with Crippen molar-refractivity contribution < 1.29 is 4.79 Å². The average Bonchev–Trinajstić information content (AvgIpc) is 3.23. The Morgan fingerprint density at radius 2 is 1.72 bits per heavy atom. The van der Waals surface area contributed by atoms with E-state index < -0.39 is 0 Å². The number of carbonyl (C=O) groups is 1. The quantitative estimate of drug-likeness (QED) is 0.544. The number of rotatable bonds is 5. The van der Waals surface area contributed by atoms with Crippen LogP contribution in [0.15, 0.2) is 64.3 Å². The Morgan fingerprint density at radius 3 is 2.41 bits per heavy atom. The van der Waals surface area contributed by atoms with Gasteiger partial charge in [0.1, 0.15) is 0 Å². The number of hydrogen-bond acceptors (Lipinski definition) is 5. The fourth-order valence-corrected chi connectivity index (χ4v) is 5.51. The summed E-state index contributed by atoms with van der Waals surface area (Å²) in [6.07, 6.45) is 0. The second kappa shape index (κ2) is 9.01. The molecule has 150 valence electrons. The molecule has 1 saturated heterocycles. The number of hydrogen-bond donors (Lipinski definition) is 0. The smallest absolute Gasteiger partial charge is 0.235 e. The van der Waals surface area contributed by atoms with Crippen molar-refractivity contribution in [3.8, 4) is 11.3 Å². The molecule has 4 nitrogen and oxygen atoms in total. The Morgan fingerprint density at radius 1 is 1.03 bits per heavy atom. The monoisotopic (exact) mass is 423 g/mol. The molecule has 0 aliphatic carbocycles. The van der Waals surface area contributed by atoms with E-state index in [4.69, 9.17) is 4.98 Å². The van der Waals surface area contributed by atoms with Gasteiger partial charge in [-0.2, -0.15) is 0 Å². The van der Waals surface area contributed by atoms with Crippen molar-refractivity contribution in [1.29, 1.82) is 0 Å². The number of thiazole rings is 1. The van der Waals surface area contributed by atoms with Crippen molar-refractivity contribution in [2.24, 2.45) is 0 Å². The van der Waals surface area contributed by atoms with E-state index in [9.17, 15) is 4.79 Å². The predicted octanol–water partition coefficient (Wildman–Crippen LogP) is 4.95. The van der Waals surface area contributed by atoms with Gasteiger partial charge in [0.25, 0.3) is 0 Å². The van der Waals surface area contributed by atoms with Crippen molar-refractivity contribution in [3.05, 3.63) is 65.5 Å². The number of para-hydroxylation sites is 1. The van der Waals surface area contributed by atoms with Crippen molar-refractivity contribution >= 4 is 34.7 Å². The van der Waals surface area contributed by atoms with E-state index in [-0.39, 0.29) is 11.2 Å². The Labute approximate surface area is 180 Å². The first-order valence-corrected chi connectivity index (χ1v) is 11.6. The highest BCUT2D eigenvalue weighted by Crippen LogP contribution is 2.31. The summed E-state index contributed by atoms with van der Waals surface area (Å²) in [6, 6.07) is 18.8. The summed E-state index contributed by atoms with van der Waals surface area (Å²) < 4.78 is 0.948. The molecule has 0 unspecified atom stereocenters. The highest BCUT2D eigenvalue weighted by molar-refractivity contribution is 8.02. The minimum absolute atomic E-state index is 0.129. The lowest BCUT2D eigenvalue weighted by molar-refractivity contribution is -0.130. The Bertz CT molecular complexity index is 948. The molecular weight excluding hydrogens is 398 g/mol. The minimum Gasteiger partial charge on any atom is -0.368 e. The number of thioether (sulfide) groups is 1. The second-order valence-electron chi connectivity index (χ2n) is 7.27. The molecule has 4 rings (SSSR count). The molecule has 0 saturated carbocycles. The predicted molar refractivity (Wildman–Crippen MR) is 123 cm³/mol. The van der Waals surface area contributed by atoms with Gasteiger partial charge in [0.2, 0.25) is 5.91 Å². The molecule has 0 N–H and O–H groups in total. The third-order valence-electron chi connectivity index (χ3n) is 5.17. The summed E-state index contributed by atoms with van der Waals surface area (Å²) in [4.78, 5) is 22.0. The number of anilines is 1. The van der Waals surface area contributed by atoms with E-state index >= 15 is 0 Å². The molecule has 2 heterocycles. The van der Waals surface area contributed by atoms with Crippen molar-refractivity contribution in [2.75, 3.05) is 31.1 Å². The van der Waals surface area contributed by atoms with Crippen LogP contribution in [0.1, 0.15) is 12.5 Å². The van der Waals surface area contributed by atoms with Gasteiger partial charge < -0.3 is 9.80 Å². The van der Waals surface area contributed by atoms with Crippen LogP contribution in [0.4, 0.5) is 5.69 Å². The topological polar surface area (TPSA) is 36.4 Å². The van der Waals surface area contributed by atoms with Gasteiger partial charge in [0, 0.05) is 42.8 Å². The number of amides is 1. The molecule has 1 fully saturated rings. The molecule has 29 heavy (non-hydrogen) atoms. The van der Waals surface area contributed by atoms with E-state index in [1.54, 1.807) is 23.1 Å². The highest BCUT2D eigenvalue weighted by Gasteiger charge is 2.26. The SMILES string of the molecule is Cc1ccc(-c2csc(S[C@H](C)C(=O)N3CCN(c4ccccc4)CC3)n2)cc1. The minimum atomic E-state index is -0.129. The van der Waals surface area contributed by atoms with Crippen LogP contribution < -0.4 is 4.90 Å². The zero-order chi connectivity index (χ0) is 20.2. The van der Waals surface area contributed by atoms with Gasteiger partial charge >= 0.3 is 0 Å². The van der Waals surface area contributed by atoms with Gasteiger partial charge in [-0.1, -0.05) is 59.8 Å². The Balaban J connectivity index is 1.33. The molecule has 1 aromatic heterocycles. The Hall–Kier alpha value is -2.31. The van der Waals surface area contributed by atoms with Crippen molar-refractivity contribution in [1.82, 2.24) is 9.88 Å². The second-order valence-corrected chi connectivity index (χ2v) is 9.72. The van der Waals surface area contributed by atoms with Crippen LogP contribution in [0.2, 0.25) is 0 Å². The number of piperazine rings is 1. The molecular formula is C23H25N3OS2. The van der Waals surface area contributed by atoms with Gasteiger partial charge in [-0.05, 0) is 26.0 Å². The summed E-state index contributed by atoms with van der Waals surface area (Å²) in [5, 5.41) is 1.94. The maximum Gasteiger partial charge on any atom is 0.235 e. The molecule has 3 aromatic rings. The molecule has 1 amide bonds. The van der Waals surface area contributed by atoms with Crippen LogP contribution >= 0.6 is 23.1 Å². The maximum atomic E-state index is 12.9. The summed E-state index contributed by atoms with van der Waals surface area (Å²) >= 11 is 3.18. The highest BCUT2D eigenvalue weighted by atomic mass is 32.2. The molecule has 0 spiro atoms. The molecule has 0 radical (unpaired) electrons. The number of carbonyl (C=O) groups excluding carboxylic acids is 1. The fraction of sp³-hybridized carbons (Fsp3) is 0.304. The molecule has 1 atom stereocenters. The molecule has 6 heteroatoms. The molecule has 1 aliphatic heterocycles. The van der Waals surface area contributed by atoms with Gasteiger partial charge in [-0.15, -0.1) is 11.3 Å². The van der Waals surface area contributed by atoms with Crippen LogP contribution in [-0.2, 0) is 4.79 Å². The summed E-state index contributed by atoms with van der Waals surface area (Å²) in [5.41, 5.74) is 4.57. The molecule has 2 aromatic carbocycles. The van der Waals surface area contributed by atoms with Crippen molar-refractivity contribution in [3.63, 3.8) is 0 Å². The van der Waals surface area contributed by atoms with Gasteiger partial charge in [0.15, 0.2) is 4.34 Å². The lowest BCUT2D eigenvalue weighted by Gasteiger charge is -2.37. The third-order valence-corrected chi connectivity index (χ3v) is 7.23. The zero-order valence-electron chi connectivity index (χ0n) is 16.7. The standard InChI is InChI=1S/C23H25N3OS2/c1-17-8-10-19(11-9-17)21-16-28-23(24-21)29-18(2)22(27)26-14-12-25(13-15-26)20-6-4-3-5-7-20/h3-11,16,18H,12-15H2,1-2H3/t18-/m1/s1. The average molecular weight is 424 g/mol. The van der Waals surface area contributed by atoms with Crippen LogP contribution in [0, 0.1) is 6.92 Å². The number of aromatic nitrogens is 1. The van der Waals surface area contributed by atoms with Gasteiger partial charge in [-0.25, -0.2) is 4.98 Å². The maximum absolute atomic E-state index is 12.9. The van der Waals surface area contributed by atoms with E-state index in [1.807, 2.05) is 17.9 Å². The van der Waals surface area contributed by atoms with Crippen LogP contribution in [-0.4, -0.2) is 47.2 Å². The number of benzene rings is 2. The third kappa shape index (κ3) is 4.82. The van der Waals surface area contributed by atoms with Gasteiger partial charge in [-0.3, -0.25) is 4.79 Å². The van der Waals surface area contributed by atoms with Crippen LogP contribution in [0.5, 0.6) is 0 Å². The van der Waals surface area contributed by atoms with Crippen LogP contribution in [0.3, 0.4) is 0 Å². The first kappa shape index (κ1) is 20.0. The van der Waals surface area contributed by atoms with Gasteiger partial charge in [0.05, 0.1) is 10.9 Å². The summed E-state index contributed by atoms with van der Waals surface area (Å²) in [5.74, 6) is 0.204. The van der Waals surface area contributed by atoms with E-state index in [2.05, 4.69) is 65.7 Å². The van der Waals surface area contributed by atoms with E-state index in [0.717, 1.165) is 41.8 Å². The summed E-state index contributed by atoms with van der Waals surface area (Å²) in [6.45, 7) is 7.36. The first-order chi connectivity index (χ1) is 14.1. The lowest BCUT2D eigenvalue weighted by atomic mass is 10.1. The normalized spacial score (nSPS) is 15.4. The van der Waals surface area contributed by atoms with Crippen molar-refractivity contribution in [2.45, 2.75) is 23.4 Å². The fourth-order valence-electron chi connectivity index (χ4n) is 3.45. The first-order valence-electron chi connectivity index (χ1n) is 9.88. The number of nitrogens with zero attached hydrogens (tertiary/aromatic N) is 3. The molecule has 0 bridgehead atoms. The largest absolute Gasteiger partial charge is 0.368 e. The van der Waals surface area contributed by atoms with E-state index in [0.29, 0.717) is 0 Å². The molecule has 1 aliphatic rings. The lowest BCUT2D eigenvalue weighted by Crippen LogP contribution is -2.50. The van der Waals surface area contributed by atoms with Crippen LogP contribution in [0.25, 0.3) is 11.3 Å². The number of aryl methyl sites for hydroxylation is 1. The van der Waals surface area contributed by atoms with E-state index in [1.165, 1.54) is 11.3 Å². The summed E-state index contributed by atoms with van der Waals surface area (Å²) in [7, 11) is 0. The Kier molecular flexibility index (Phi) is 6.21. The zero-order valence-corrected chi connectivity index (χ0v) is 18.4.